The predicted octanol–water partition coefficient (Wildman–Crippen LogP) is 1.69. The summed E-state index contributed by atoms with van der Waals surface area (Å²) < 4.78 is 8.00. The molecule has 0 bridgehead atoms. The molecule has 1 saturated carbocycles. The standard InChI is InChI=1S/C26H32N4O4S/c1-27-26(35)29-28-13-21-22(31)23(32)24(33)25(34-21)30-14-18(19-4-2-3-5-20(19)30)12-15-6-8-16(9-7-15)17-10-11-17/h2-9,14,17,21-25,28,31-33H,10-13H2,1H3,(H2,27,29,35)/t21-,22-,23+,24-,25-/m1/s1. The van der Waals surface area contributed by atoms with Crippen molar-refractivity contribution in [3.05, 3.63) is 71.4 Å². The van der Waals surface area contributed by atoms with Crippen LogP contribution < -0.4 is 16.2 Å². The molecule has 5 atom stereocenters. The number of para-hydroxylation sites is 1. The first-order chi connectivity index (χ1) is 17.0. The zero-order valence-electron chi connectivity index (χ0n) is 19.6. The van der Waals surface area contributed by atoms with Gasteiger partial charge < -0.3 is 29.9 Å². The number of benzene rings is 2. The van der Waals surface area contributed by atoms with Crippen LogP contribution in [0.1, 0.15) is 41.7 Å². The van der Waals surface area contributed by atoms with E-state index in [1.165, 1.54) is 24.0 Å². The van der Waals surface area contributed by atoms with Crippen LogP contribution >= 0.6 is 12.2 Å². The summed E-state index contributed by atoms with van der Waals surface area (Å²) >= 11 is 5.04. The first-order valence-electron chi connectivity index (χ1n) is 12.0. The Morgan fingerprint density at radius 2 is 1.77 bits per heavy atom. The second-order valence-corrected chi connectivity index (χ2v) is 9.80. The van der Waals surface area contributed by atoms with E-state index in [1.807, 2.05) is 29.0 Å². The Morgan fingerprint density at radius 3 is 2.49 bits per heavy atom. The molecule has 2 aliphatic rings. The van der Waals surface area contributed by atoms with Gasteiger partial charge in [0.2, 0.25) is 0 Å². The Kier molecular flexibility index (Phi) is 7.06. The maximum atomic E-state index is 10.9. The van der Waals surface area contributed by atoms with Crippen molar-refractivity contribution in [2.75, 3.05) is 13.6 Å². The predicted molar refractivity (Wildman–Crippen MR) is 138 cm³/mol. The van der Waals surface area contributed by atoms with Gasteiger partial charge in [-0.2, -0.15) is 0 Å². The lowest BCUT2D eigenvalue weighted by atomic mass is 9.98. The lowest BCUT2D eigenvalue weighted by Gasteiger charge is -2.41. The number of thiocarbonyl (C=S) groups is 1. The summed E-state index contributed by atoms with van der Waals surface area (Å²) in [5, 5.41) is 36.2. The fourth-order valence-electron chi connectivity index (χ4n) is 4.80. The first kappa shape index (κ1) is 24.2. The molecule has 1 saturated heterocycles. The Morgan fingerprint density at radius 1 is 1.03 bits per heavy atom. The molecule has 0 amide bonds. The molecule has 186 valence electrons. The number of hydrazine groups is 1. The van der Waals surface area contributed by atoms with Gasteiger partial charge in [0.05, 0.1) is 5.52 Å². The summed E-state index contributed by atoms with van der Waals surface area (Å²) in [6, 6.07) is 16.8. The molecule has 0 unspecified atom stereocenters. The molecule has 5 rings (SSSR count). The van der Waals surface area contributed by atoms with Crippen molar-refractivity contribution >= 4 is 28.2 Å². The number of ether oxygens (including phenoxy) is 1. The second kappa shape index (κ2) is 10.2. The van der Waals surface area contributed by atoms with E-state index < -0.39 is 30.6 Å². The number of rotatable bonds is 7. The Bertz CT molecular complexity index is 1180. The summed E-state index contributed by atoms with van der Waals surface area (Å²) in [6.07, 6.45) is -0.273. The summed E-state index contributed by atoms with van der Waals surface area (Å²) in [4.78, 5) is 0. The van der Waals surface area contributed by atoms with Crippen LogP contribution in [0.4, 0.5) is 0 Å². The minimum atomic E-state index is -1.36. The Labute approximate surface area is 209 Å². The zero-order valence-corrected chi connectivity index (χ0v) is 20.4. The monoisotopic (exact) mass is 496 g/mol. The number of aromatic nitrogens is 1. The van der Waals surface area contributed by atoms with Crippen molar-refractivity contribution in [2.24, 2.45) is 0 Å². The highest BCUT2D eigenvalue weighted by Crippen LogP contribution is 2.40. The average molecular weight is 497 g/mol. The van der Waals surface area contributed by atoms with E-state index in [1.54, 1.807) is 7.05 Å². The smallest absolute Gasteiger partial charge is 0.180 e. The van der Waals surface area contributed by atoms with E-state index in [0.717, 1.165) is 28.8 Å². The van der Waals surface area contributed by atoms with Crippen molar-refractivity contribution in [3.8, 4) is 0 Å². The molecular weight excluding hydrogens is 464 g/mol. The fourth-order valence-corrected chi connectivity index (χ4v) is 4.87. The zero-order chi connectivity index (χ0) is 24.5. The molecule has 8 nitrogen and oxygen atoms in total. The molecule has 2 aromatic carbocycles. The third-order valence-corrected chi connectivity index (χ3v) is 7.25. The van der Waals surface area contributed by atoms with E-state index in [9.17, 15) is 15.3 Å². The van der Waals surface area contributed by atoms with Crippen LogP contribution in [0, 0.1) is 0 Å². The van der Waals surface area contributed by atoms with Gasteiger partial charge in [-0.25, -0.2) is 5.43 Å². The number of aliphatic hydroxyl groups excluding tert-OH is 3. The van der Waals surface area contributed by atoms with E-state index >= 15 is 0 Å². The largest absolute Gasteiger partial charge is 0.388 e. The highest BCUT2D eigenvalue weighted by atomic mass is 32.1. The van der Waals surface area contributed by atoms with Gasteiger partial charge in [0.1, 0.15) is 24.4 Å². The number of nitrogens with zero attached hydrogens (tertiary/aromatic N) is 1. The third kappa shape index (κ3) is 5.06. The van der Waals surface area contributed by atoms with Crippen LogP contribution in [0.2, 0.25) is 0 Å². The van der Waals surface area contributed by atoms with Gasteiger partial charge in [-0.05, 0) is 60.2 Å². The van der Waals surface area contributed by atoms with Crippen molar-refractivity contribution < 1.29 is 20.1 Å². The molecular formula is C26H32N4O4S. The van der Waals surface area contributed by atoms with Crippen LogP contribution in [-0.4, -0.2) is 63.0 Å². The van der Waals surface area contributed by atoms with E-state index in [0.29, 0.717) is 5.11 Å². The van der Waals surface area contributed by atoms with Crippen molar-refractivity contribution in [3.63, 3.8) is 0 Å². The van der Waals surface area contributed by atoms with Crippen LogP contribution in [0.15, 0.2) is 54.7 Å². The molecule has 1 aromatic heterocycles. The normalized spacial score (nSPS) is 26.6. The number of hydrogen-bond acceptors (Lipinski definition) is 6. The fraction of sp³-hybridized carbons (Fsp3) is 0.423. The molecule has 35 heavy (non-hydrogen) atoms. The minimum Gasteiger partial charge on any atom is -0.388 e. The number of nitrogens with one attached hydrogen (secondary N) is 3. The van der Waals surface area contributed by atoms with Crippen LogP contribution in [0.25, 0.3) is 10.9 Å². The molecule has 1 aliphatic heterocycles. The highest BCUT2D eigenvalue weighted by molar-refractivity contribution is 7.80. The van der Waals surface area contributed by atoms with Gasteiger partial charge in [-0.3, -0.25) is 5.43 Å². The van der Waals surface area contributed by atoms with Gasteiger partial charge >= 0.3 is 0 Å². The molecule has 2 fully saturated rings. The number of hydrogen-bond donors (Lipinski definition) is 6. The third-order valence-electron chi connectivity index (χ3n) is 6.94. The van der Waals surface area contributed by atoms with Crippen molar-refractivity contribution in [1.29, 1.82) is 0 Å². The van der Waals surface area contributed by atoms with Crippen LogP contribution in [-0.2, 0) is 11.2 Å². The summed E-state index contributed by atoms with van der Waals surface area (Å²) in [6.45, 7) is 0.169. The van der Waals surface area contributed by atoms with Gasteiger partial charge in [0.25, 0.3) is 0 Å². The van der Waals surface area contributed by atoms with Crippen molar-refractivity contribution in [1.82, 2.24) is 20.7 Å². The average Bonchev–Trinajstić information content (AvgIpc) is 3.67. The molecule has 2 heterocycles. The first-order valence-corrected chi connectivity index (χ1v) is 12.4. The molecule has 6 N–H and O–H groups in total. The molecule has 0 radical (unpaired) electrons. The second-order valence-electron chi connectivity index (χ2n) is 9.39. The Balaban J connectivity index is 1.40. The number of fused-ring (bicyclic) bond motifs is 1. The SMILES string of the molecule is CNC(=S)NNC[C@H]1O[C@@H](n2cc(Cc3ccc(C4CC4)cc3)c3ccccc32)[C@H](O)[C@@H](O)[C@@H]1O. The summed E-state index contributed by atoms with van der Waals surface area (Å²) in [5.41, 5.74) is 10.3. The quantitative estimate of drug-likeness (QED) is 0.217. The Hall–Kier alpha value is -2.53. The number of aliphatic hydroxyl groups is 3. The topological polar surface area (TPSA) is 111 Å². The molecule has 3 aromatic rings. The van der Waals surface area contributed by atoms with Gasteiger partial charge in [0, 0.05) is 25.2 Å². The lowest BCUT2D eigenvalue weighted by molar-refractivity contribution is -0.242. The van der Waals surface area contributed by atoms with Crippen LogP contribution in [0.3, 0.4) is 0 Å². The van der Waals surface area contributed by atoms with Crippen molar-refractivity contribution in [2.45, 2.75) is 55.8 Å². The maximum Gasteiger partial charge on any atom is 0.180 e. The molecule has 0 spiro atoms. The van der Waals surface area contributed by atoms with E-state index in [4.69, 9.17) is 17.0 Å². The minimum absolute atomic E-state index is 0.169. The van der Waals surface area contributed by atoms with Crippen LogP contribution in [0.5, 0.6) is 0 Å². The summed E-state index contributed by atoms with van der Waals surface area (Å²) in [5.74, 6) is 0.726. The molecule has 9 heteroatoms. The van der Waals surface area contributed by atoms with E-state index in [2.05, 4.69) is 46.5 Å². The van der Waals surface area contributed by atoms with E-state index in [-0.39, 0.29) is 6.54 Å². The van der Waals surface area contributed by atoms with Gasteiger partial charge in [0.15, 0.2) is 11.3 Å². The summed E-state index contributed by atoms with van der Waals surface area (Å²) in [7, 11) is 1.69. The maximum absolute atomic E-state index is 10.9. The molecule has 1 aliphatic carbocycles. The lowest BCUT2D eigenvalue weighted by Crippen LogP contribution is -2.59. The van der Waals surface area contributed by atoms with Gasteiger partial charge in [-0.1, -0.05) is 42.5 Å². The highest BCUT2D eigenvalue weighted by Gasteiger charge is 2.44. The van der Waals surface area contributed by atoms with Gasteiger partial charge in [-0.15, -0.1) is 0 Å².